The van der Waals surface area contributed by atoms with Gasteiger partial charge in [0.05, 0.1) is 5.60 Å². The van der Waals surface area contributed by atoms with Gasteiger partial charge in [0.25, 0.3) is 0 Å². The van der Waals surface area contributed by atoms with Crippen molar-refractivity contribution in [2.24, 2.45) is 4.99 Å². The average Bonchev–Trinajstić information content (AvgIpc) is 2.51. The van der Waals surface area contributed by atoms with Crippen LogP contribution in [0.15, 0.2) is 4.99 Å². The van der Waals surface area contributed by atoms with Crippen molar-refractivity contribution in [2.75, 3.05) is 26.7 Å². The highest BCUT2D eigenvalue weighted by Gasteiger charge is 2.17. The molecule has 1 aliphatic carbocycles. The maximum atomic E-state index is 12.0. The molecular weight excluding hydrogens is 407 g/mol. The summed E-state index contributed by atoms with van der Waals surface area (Å²) in [5, 5.41) is 9.42. The molecule has 23 heavy (non-hydrogen) atoms. The highest BCUT2D eigenvalue weighted by atomic mass is 127. The van der Waals surface area contributed by atoms with Crippen molar-refractivity contribution >= 4 is 35.8 Å². The first-order chi connectivity index (χ1) is 10.5. The van der Waals surface area contributed by atoms with Crippen LogP contribution in [-0.2, 0) is 9.53 Å². The third-order valence-corrected chi connectivity index (χ3v) is 3.93. The van der Waals surface area contributed by atoms with Gasteiger partial charge in [-0.25, -0.2) is 4.99 Å². The number of amides is 1. The summed E-state index contributed by atoms with van der Waals surface area (Å²) in [7, 11) is 1.68. The number of halogens is 1. The molecule has 0 aromatic heterocycles. The highest BCUT2D eigenvalue weighted by Crippen LogP contribution is 2.17. The Morgan fingerprint density at radius 3 is 2.43 bits per heavy atom. The lowest BCUT2D eigenvalue weighted by atomic mass is 9.95. The van der Waals surface area contributed by atoms with Gasteiger partial charge < -0.3 is 20.7 Å². The van der Waals surface area contributed by atoms with E-state index in [0.717, 1.165) is 19.4 Å². The quantitative estimate of drug-likeness (QED) is 0.322. The molecule has 0 radical (unpaired) electrons. The maximum absolute atomic E-state index is 12.0. The van der Waals surface area contributed by atoms with Crippen molar-refractivity contribution < 1.29 is 9.53 Å². The molecule has 0 atom stereocenters. The molecule has 1 aliphatic rings. The van der Waals surface area contributed by atoms with Crippen LogP contribution in [0.4, 0.5) is 0 Å². The summed E-state index contributed by atoms with van der Waals surface area (Å²) in [4.78, 5) is 16.3. The molecule has 0 bridgehead atoms. The Morgan fingerprint density at radius 2 is 1.87 bits per heavy atom. The summed E-state index contributed by atoms with van der Waals surface area (Å²) in [6, 6.07) is 0.333. The van der Waals surface area contributed by atoms with E-state index in [9.17, 15) is 4.79 Å². The standard InChI is InChI=1S/C16H32N4O2.HI/c1-5-17-15(19-12-16(2,3)22-4)18-11-14(21)20-13-9-7-6-8-10-13;/h13H,5-12H2,1-4H3,(H,20,21)(H2,17,18,19);1H. The topological polar surface area (TPSA) is 74.8 Å². The van der Waals surface area contributed by atoms with Crippen molar-refractivity contribution in [2.45, 2.75) is 64.5 Å². The summed E-state index contributed by atoms with van der Waals surface area (Å²) >= 11 is 0. The SMILES string of the molecule is CCNC(=NCC(=O)NC1CCCCC1)NCC(C)(C)OC.I. The molecule has 136 valence electrons. The van der Waals surface area contributed by atoms with Gasteiger partial charge in [-0.1, -0.05) is 19.3 Å². The number of hydrogen-bond acceptors (Lipinski definition) is 3. The molecule has 1 saturated carbocycles. The molecular formula is C16H33IN4O2. The number of carbonyl (C=O) groups is 1. The fourth-order valence-corrected chi connectivity index (χ4v) is 2.38. The second kappa shape index (κ2) is 11.9. The monoisotopic (exact) mass is 440 g/mol. The van der Waals surface area contributed by atoms with E-state index in [1.54, 1.807) is 7.11 Å². The Labute approximate surface area is 157 Å². The third kappa shape index (κ3) is 10.0. The lowest BCUT2D eigenvalue weighted by Gasteiger charge is -2.24. The number of hydrogen-bond donors (Lipinski definition) is 3. The number of nitrogens with zero attached hydrogens (tertiary/aromatic N) is 1. The highest BCUT2D eigenvalue weighted by molar-refractivity contribution is 14.0. The molecule has 1 rings (SSSR count). The summed E-state index contributed by atoms with van der Waals surface area (Å²) in [5.41, 5.74) is -0.277. The zero-order valence-electron chi connectivity index (χ0n) is 14.9. The molecule has 0 aliphatic heterocycles. The van der Waals surface area contributed by atoms with Gasteiger partial charge >= 0.3 is 0 Å². The number of ether oxygens (including phenoxy) is 1. The summed E-state index contributed by atoms with van der Waals surface area (Å²) < 4.78 is 5.37. The molecule has 0 aromatic carbocycles. The molecule has 3 N–H and O–H groups in total. The smallest absolute Gasteiger partial charge is 0.242 e. The van der Waals surface area contributed by atoms with Gasteiger partial charge in [-0.2, -0.15) is 0 Å². The molecule has 0 aromatic rings. The van der Waals surface area contributed by atoms with Gasteiger partial charge in [0.2, 0.25) is 5.91 Å². The Kier molecular flexibility index (Phi) is 11.6. The minimum Gasteiger partial charge on any atom is -0.377 e. The first kappa shape index (κ1) is 22.4. The number of nitrogens with one attached hydrogen (secondary N) is 3. The predicted octanol–water partition coefficient (Wildman–Crippen LogP) is 2.03. The number of carbonyl (C=O) groups excluding carboxylic acids is 1. The Bertz CT molecular complexity index is 369. The van der Waals surface area contributed by atoms with E-state index >= 15 is 0 Å². The first-order valence-electron chi connectivity index (χ1n) is 8.33. The normalized spacial score (nSPS) is 16.4. The van der Waals surface area contributed by atoms with Gasteiger partial charge in [-0.05, 0) is 33.6 Å². The largest absolute Gasteiger partial charge is 0.377 e. The molecule has 0 heterocycles. The van der Waals surface area contributed by atoms with E-state index in [-0.39, 0.29) is 42.0 Å². The van der Waals surface area contributed by atoms with Gasteiger partial charge in [-0.15, -0.1) is 24.0 Å². The average molecular weight is 440 g/mol. The maximum Gasteiger partial charge on any atom is 0.242 e. The zero-order valence-corrected chi connectivity index (χ0v) is 17.2. The van der Waals surface area contributed by atoms with Crippen molar-refractivity contribution in [1.29, 1.82) is 0 Å². The van der Waals surface area contributed by atoms with Crippen molar-refractivity contribution in [3.63, 3.8) is 0 Å². The van der Waals surface area contributed by atoms with Gasteiger partial charge in [0.15, 0.2) is 5.96 Å². The van der Waals surface area contributed by atoms with Gasteiger partial charge in [0, 0.05) is 26.2 Å². The van der Waals surface area contributed by atoms with Crippen LogP contribution in [0.5, 0.6) is 0 Å². The van der Waals surface area contributed by atoms with E-state index in [2.05, 4.69) is 20.9 Å². The second-order valence-electron chi connectivity index (χ2n) is 6.41. The van der Waals surface area contributed by atoms with Gasteiger partial charge in [0.1, 0.15) is 6.54 Å². The fourth-order valence-electron chi connectivity index (χ4n) is 2.38. The lowest BCUT2D eigenvalue weighted by Crippen LogP contribution is -2.46. The minimum atomic E-state index is -0.277. The first-order valence-corrected chi connectivity index (χ1v) is 8.33. The van der Waals surface area contributed by atoms with E-state index in [0.29, 0.717) is 18.5 Å². The van der Waals surface area contributed by atoms with Crippen molar-refractivity contribution in [3.05, 3.63) is 0 Å². The molecule has 0 spiro atoms. The molecule has 0 saturated heterocycles. The predicted molar refractivity (Wildman–Crippen MR) is 106 cm³/mol. The summed E-state index contributed by atoms with van der Waals surface area (Å²) in [6.45, 7) is 7.53. The molecule has 0 unspecified atom stereocenters. The van der Waals surface area contributed by atoms with E-state index in [1.165, 1.54) is 19.3 Å². The fraction of sp³-hybridized carbons (Fsp3) is 0.875. The third-order valence-electron chi connectivity index (χ3n) is 3.93. The Balaban J connectivity index is 0.00000484. The molecule has 6 nitrogen and oxygen atoms in total. The second-order valence-corrected chi connectivity index (χ2v) is 6.41. The number of aliphatic imine (C=N–C) groups is 1. The molecule has 1 fully saturated rings. The van der Waals surface area contributed by atoms with Crippen LogP contribution in [0.1, 0.15) is 52.9 Å². The van der Waals surface area contributed by atoms with Crippen LogP contribution < -0.4 is 16.0 Å². The summed E-state index contributed by atoms with van der Waals surface area (Å²) in [5.74, 6) is 0.640. The summed E-state index contributed by atoms with van der Waals surface area (Å²) in [6.07, 6.45) is 5.90. The Hall–Kier alpha value is -0.570. The number of rotatable bonds is 7. The van der Waals surface area contributed by atoms with Crippen LogP contribution in [0.2, 0.25) is 0 Å². The van der Waals surface area contributed by atoms with E-state index < -0.39 is 0 Å². The molecule has 7 heteroatoms. The molecule has 1 amide bonds. The van der Waals surface area contributed by atoms with Crippen LogP contribution in [0.3, 0.4) is 0 Å². The minimum absolute atomic E-state index is 0. The van der Waals surface area contributed by atoms with Crippen molar-refractivity contribution in [3.8, 4) is 0 Å². The van der Waals surface area contributed by atoms with Crippen LogP contribution in [0.25, 0.3) is 0 Å². The van der Waals surface area contributed by atoms with Crippen molar-refractivity contribution in [1.82, 2.24) is 16.0 Å². The van der Waals surface area contributed by atoms with E-state index in [1.807, 2.05) is 20.8 Å². The van der Waals surface area contributed by atoms with Crippen LogP contribution in [0, 0.1) is 0 Å². The van der Waals surface area contributed by atoms with E-state index in [4.69, 9.17) is 4.74 Å². The lowest BCUT2D eigenvalue weighted by molar-refractivity contribution is -0.120. The van der Waals surface area contributed by atoms with Crippen LogP contribution in [-0.4, -0.2) is 50.3 Å². The van der Waals surface area contributed by atoms with Gasteiger partial charge in [-0.3, -0.25) is 4.79 Å². The van der Waals surface area contributed by atoms with Crippen LogP contribution >= 0.6 is 24.0 Å². The number of methoxy groups -OCH3 is 1. The Morgan fingerprint density at radius 1 is 1.22 bits per heavy atom. The zero-order chi connectivity index (χ0) is 16.4. The number of guanidine groups is 1.